The Kier molecular flexibility index (Phi) is 5.28. The lowest BCUT2D eigenvalue weighted by Crippen LogP contribution is -2.29. The molecule has 3 aromatic heterocycles. The van der Waals surface area contributed by atoms with Crippen LogP contribution in [0.3, 0.4) is 0 Å². The van der Waals surface area contributed by atoms with Gasteiger partial charge in [0, 0.05) is 35.9 Å². The van der Waals surface area contributed by atoms with Crippen LogP contribution in [0, 0.1) is 18.8 Å². The summed E-state index contributed by atoms with van der Waals surface area (Å²) in [5.74, 6) is 2.03. The summed E-state index contributed by atoms with van der Waals surface area (Å²) in [5, 5.41) is 2.32. The highest BCUT2D eigenvalue weighted by Crippen LogP contribution is 2.47. The van der Waals surface area contributed by atoms with Crippen LogP contribution >= 0.6 is 23.4 Å². The molecule has 1 aliphatic carbocycles. The molecule has 2 fully saturated rings. The van der Waals surface area contributed by atoms with Crippen LogP contribution < -0.4 is 10.6 Å². The quantitative estimate of drug-likeness (QED) is 0.419. The van der Waals surface area contributed by atoms with E-state index in [1.807, 2.05) is 25.3 Å². The van der Waals surface area contributed by atoms with E-state index in [0.29, 0.717) is 23.0 Å². The monoisotopic (exact) mass is 452 g/mol. The van der Waals surface area contributed by atoms with Crippen molar-refractivity contribution in [2.24, 2.45) is 17.6 Å². The highest BCUT2D eigenvalue weighted by molar-refractivity contribution is 7.99. The summed E-state index contributed by atoms with van der Waals surface area (Å²) in [7, 11) is 0. The number of halogens is 1. The van der Waals surface area contributed by atoms with Crippen molar-refractivity contribution in [1.82, 2.24) is 19.9 Å². The average Bonchev–Trinajstić information content (AvgIpc) is 3.10. The zero-order valence-corrected chi connectivity index (χ0v) is 19.2. The van der Waals surface area contributed by atoms with E-state index < -0.39 is 0 Å². The number of H-pyrrole nitrogens is 1. The fraction of sp³-hybridized carbons (Fsp3) is 0.348. The van der Waals surface area contributed by atoms with E-state index in [1.165, 1.54) is 11.8 Å². The lowest BCUT2D eigenvalue weighted by Gasteiger charge is -2.21. The molecule has 6 nitrogen and oxygen atoms in total. The smallest absolute Gasteiger partial charge is 0.196 e. The van der Waals surface area contributed by atoms with Crippen LogP contribution in [0.4, 0.5) is 5.82 Å². The van der Waals surface area contributed by atoms with Gasteiger partial charge >= 0.3 is 0 Å². The molecule has 0 bridgehead atoms. The van der Waals surface area contributed by atoms with E-state index in [-0.39, 0.29) is 0 Å². The van der Waals surface area contributed by atoms with Crippen LogP contribution in [0.15, 0.2) is 41.0 Å². The van der Waals surface area contributed by atoms with E-state index in [1.54, 1.807) is 6.08 Å². The Morgan fingerprint density at radius 2 is 2.13 bits per heavy atom. The van der Waals surface area contributed by atoms with Crippen LogP contribution in [-0.4, -0.2) is 39.1 Å². The molecule has 8 heteroatoms. The third-order valence-electron chi connectivity index (χ3n) is 6.23. The Morgan fingerprint density at radius 1 is 1.35 bits per heavy atom. The number of nitrogens with one attached hydrogen (secondary N) is 1. The van der Waals surface area contributed by atoms with E-state index in [2.05, 4.69) is 34.4 Å². The van der Waals surface area contributed by atoms with Crippen molar-refractivity contribution in [2.75, 3.05) is 18.0 Å². The highest BCUT2D eigenvalue weighted by Gasteiger charge is 2.54. The van der Waals surface area contributed by atoms with Gasteiger partial charge < -0.3 is 15.6 Å². The summed E-state index contributed by atoms with van der Waals surface area (Å²) in [4.78, 5) is 21.0. The van der Waals surface area contributed by atoms with Crippen LogP contribution in [-0.2, 0) is 6.42 Å². The highest BCUT2D eigenvalue weighted by atomic mass is 35.5. The summed E-state index contributed by atoms with van der Waals surface area (Å²) in [6.45, 7) is 9.70. The average molecular weight is 453 g/mol. The van der Waals surface area contributed by atoms with Gasteiger partial charge in [-0.1, -0.05) is 37.3 Å². The number of allylic oxidation sites excluding steroid dienone is 2. The molecule has 1 saturated carbocycles. The number of fused-ring (bicyclic) bond motifs is 2. The Morgan fingerprint density at radius 3 is 2.81 bits per heavy atom. The number of nitrogens with zero attached hydrogens (tertiary/aromatic N) is 4. The van der Waals surface area contributed by atoms with Crippen LogP contribution in [0.2, 0.25) is 5.02 Å². The SMILES string of the molecule is C=C/C=C\c1ncc(Sc2nc(N3CC4C(N)C4C3)c3c(Cl)c(CC)[nH]c3n2)cc1C. The molecule has 2 unspecified atom stereocenters. The topological polar surface area (TPSA) is 83.7 Å². The molecule has 4 heterocycles. The van der Waals surface area contributed by atoms with E-state index in [4.69, 9.17) is 27.3 Å². The number of nitrogens with two attached hydrogens (primary N) is 1. The fourth-order valence-corrected chi connectivity index (χ4v) is 5.56. The number of pyridine rings is 1. The van der Waals surface area contributed by atoms with Gasteiger partial charge in [0.25, 0.3) is 0 Å². The van der Waals surface area contributed by atoms with Gasteiger partial charge in [-0.05, 0) is 54.6 Å². The minimum absolute atomic E-state index is 0.332. The van der Waals surface area contributed by atoms with Gasteiger partial charge in [-0.2, -0.15) is 0 Å². The molecular formula is C23H25ClN6S. The molecule has 1 aliphatic heterocycles. The predicted molar refractivity (Wildman–Crippen MR) is 128 cm³/mol. The van der Waals surface area contributed by atoms with E-state index in [9.17, 15) is 0 Å². The van der Waals surface area contributed by atoms with Gasteiger partial charge in [0.05, 0.1) is 16.1 Å². The van der Waals surface area contributed by atoms with Gasteiger partial charge in [0.15, 0.2) is 5.16 Å². The van der Waals surface area contributed by atoms with Gasteiger partial charge in [-0.25, -0.2) is 9.97 Å². The maximum atomic E-state index is 6.72. The van der Waals surface area contributed by atoms with Gasteiger partial charge in [-0.3, -0.25) is 4.98 Å². The number of aromatic amines is 1. The van der Waals surface area contributed by atoms with Crippen molar-refractivity contribution < 1.29 is 0 Å². The molecule has 3 N–H and O–H groups in total. The van der Waals surface area contributed by atoms with Crippen molar-refractivity contribution in [1.29, 1.82) is 0 Å². The number of aryl methyl sites for hydroxylation is 2. The molecule has 0 radical (unpaired) electrons. The van der Waals surface area contributed by atoms with Gasteiger partial charge in [-0.15, -0.1) is 0 Å². The van der Waals surface area contributed by atoms with E-state index >= 15 is 0 Å². The van der Waals surface area contributed by atoms with Crippen molar-refractivity contribution in [3.8, 4) is 0 Å². The minimum atomic E-state index is 0.332. The maximum Gasteiger partial charge on any atom is 0.196 e. The number of aromatic nitrogens is 4. The second-order valence-electron chi connectivity index (χ2n) is 8.20. The molecule has 5 rings (SSSR count). The molecule has 1 saturated heterocycles. The summed E-state index contributed by atoms with van der Waals surface area (Å²) >= 11 is 8.23. The summed E-state index contributed by atoms with van der Waals surface area (Å²) in [6.07, 6.45) is 8.26. The molecule has 3 aromatic rings. The first kappa shape index (κ1) is 20.5. The van der Waals surface area contributed by atoms with Crippen molar-refractivity contribution in [2.45, 2.75) is 36.4 Å². The van der Waals surface area contributed by atoms with Gasteiger partial charge in [0.2, 0.25) is 0 Å². The minimum Gasteiger partial charge on any atom is -0.355 e. The Labute approximate surface area is 191 Å². The van der Waals surface area contributed by atoms with Crippen LogP contribution in [0.5, 0.6) is 0 Å². The first-order valence-corrected chi connectivity index (χ1v) is 11.7. The largest absolute Gasteiger partial charge is 0.355 e. The zero-order chi connectivity index (χ0) is 21.7. The van der Waals surface area contributed by atoms with Crippen molar-refractivity contribution in [3.63, 3.8) is 0 Å². The molecule has 0 amide bonds. The number of hydrogen-bond donors (Lipinski definition) is 2. The molecule has 0 spiro atoms. The van der Waals surface area contributed by atoms with Crippen LogP contribution in [0.25, 0.3) is 17.1 Å². The summed E-state index contributed by atoms with van der Waals surface area (Å²) in [6, 6.07) is 2.44. The van der Waals surface area contributed by atoms with Crippen molar-refractivity contribution in [3.05, 3.63) is 53.0 Å². The number of piperidine rings is 1. The van der Waals surface area contributed by atoms with E-state index in [0.717, 1.165) is 63.2 Å². The predicted octanol–water partition coefficient (Wildman–Crippen LogP) is 4.62. The Balaban J connectivity index is 1.51. The maximum absolute atomic E-state index is 6.72. The number of hydrogen-bond acceptors (Lipinski definition) is 6. The molecular weight excluding hydrogens is 428 g/mol. The normalized spacial score (nSPS) is 22.5. The van der Waals surface area contributed by atoms with Crippen LogP contribution in [0.1, 0.15) is 23.9 Å². The standard InChI is InChI=1S/C23H25ClN6S/c1-4-6-7-17-12(3)8-13(9-26-17)31-23-28-21-18(19(24)16(5-2)27-21)22(29-23)30-10-14-15(11-30)20(14)25/h4,6-9,14-15,20H,1,5,10-11,25H2,2-3H3,(H,27,28,29)/b7-6-. The summed E-state index contributed by atoms with van der Waals surface area (Å²) in [5.41, 5.74) is 9.95. The van der Waals surface area contributed by atoms with Crippen molar-refractivity contribution >= 4 is 46.3 Å². The summed E-state index contributed by atoms with van der Waals surface area (Å²) < 4.78 is 0. The molecule has 31 heavy (non-hydrogen) atoms. The zero-order valence-electron chi connectivity index (χ0n) is 17.6. The lowest BCUT2D eigenvalue weighted by atomic mass is 10.2. The number of rotatable bonds is 6. The third kappa shape index (κ3) is 3.64. The molecule has 2 aliphatic rings. The second kappa shape index (κ2) is 7.97. The second-order valence-corrected chi connectivity index (χ2v) is 9.62. The Bertz CT molecular complexity index is 1190. The molecule has 160 valence electrons. The first-order chi connectivity index (χ1) is 15.0. The molecule has 2 atom stereocenters. The lowest BCUT2D eigenvalue weighted by molar-refractivity contribution is 0.732. The molecule has 0 aromatic carbocycles. The third-order valence-corrected chi connectivity index (χ3v) is 7.47. The first-order valence-electron chi connectivity index (χ1n) is 10.5. The van der Waals surface area contributed by atoms with Gasteiger partial charge in [0.1, 0.15) is 11.5 Å². The number of anilines is 1. The Hall–Kier alpha value is -2.35. The fourth-order valence-electron chi connectivity index (χ4n) is 4.39.